The molecule has 0 bridgehead atoms. The van der Waals surface area contributed by atoms with Crippen molar-refractivity contribution in [1.82, 2.24) is 10.2 Å². The number of nitrogens with zero attached hydrogens (tertiary/aromatic N) is 1. The van der Waals surface area contributed by atoms with Gasteiger partial charge in [-0.25, -0.2) is 0 Å². The molecule has 1 rings (SSSR count). The van der Waals surface area contributed by atoms with Crippen molar-refractivity contribution < 1.29 is 19.1 Å². The lowest BCUT2D eigenvalue weighted by atomic mass is 10.3. The van der Waals surface area contributed by atoms with Crippen molar-refractivity contribution in [2.45, 2.75) is 6.92 Å². The first-order chi connectivity index (χ1) is 11.0. The Bertz CT molecular complexity index is 568. The van der Waals surface area contributed by atoms with E-state index in [0.29, 0.717) is 18.0 Å². The maximum Gasteiger partial charge on any atom is 0.243 e. The third-order valence-corrected chi connectivity index (χ3v) is 3.04. The Hall–Kier alpha value is -2.32. The highest BCUT2D eigenvalue weighted by Gasteiger charge is 2.16. The number of methoxy groups -OCH3 is 1. The molecule has 4 N–H and O–H groups in total. The van der Waals surface area contributed by atoms with Gasteiger partial charge in [-0.15, -0.1) is 12.4 Å². The first-order valence-electron chi connectivity index (χ1n) is 7.18. The number of benzene rings is 1. The molecule has 0 aliphatic rings. The molecule has 0 unspecified atom stereocenters. The molecule has 1 aromatic rings. The molecule has 0 saturated heterocycles. The fourth-order valence-corrected chi connectivity index (χ4v) is 1.81. The second-order valence-corrected chi connectivity index (χ2v) is 4.67. The number of carbonyl (C=O) groups is 3. The summed E-state index contributed by atoms with van der Waals surface area (Å²) in [5, 5.41) is 5.07. The predicted octanol–water partition coefficient (Wildman–Crippen LogP) is -0.0211. The van der Waals surface area contributed by atoms with Crippen molar-refractivity contribution in [2.24, 2.45) is 5.73 Å². The molecule has 0 aliphatic heterocycles. The van der Waals surface area contributed by atoms with Crippen molar-refractivity contribution >= 4 is 35.8 Å². The van der Waals surface area contributed by atoms with Crippen LogP contribution in [0.15, 0.2) is 24.3 Å². The van der Waals surface area contributed by atoms with Gasteiger partial charge in [0, 0.05) is 18.3 Å². The van der Waals surface area contributed by atoms with Crippen LogP contribution in [0.25, 0.3) is 0 Å². The highest BCUT2D eigenvalue weighted by Crippen LogP contribution is 2.16. The van der Waals surface area contributed by atoms with Crippen LogP contribution in [0, 0.1) is 0 Å². The van der Waals surface area contributed by atoms with Gasteiger partial charge < -0.3 is 26.0 Å². The fourth-order valence-electron chi connectivity index (χ4n) is 1.81. The number of nitrogens with two attached hydrogens (primary N) is 1. The Labute approximate surface area is 147 Å². The number of amides is 3. The first-order valence-corrected chi connectivity index (χ1v) is 7.18. The van der Waals surface area contributed by atoms with Crippen LogP contribution >= 0.6 is 12.4 Å². The number of nitrogens with one attached hydrogen (secondary N) is 2. The van der Waals surface area contributed by atoms with Crippen molar-refractivity contribution in [3.8, 4) is 5.75 Å². The van der Waals surface area contributed by atoms with Crippen LogP contribution in [0.5, 0.6) is 5.75 Å². The van der Waals surface area contributed by atoms with E-state index in [0.717, 1.165) is 0 Å². The minimum atomic E-state index is -0.421. The summed E-state index contributed by atoms with van der Waals surface area (Å²) >= 11 is 0. The Morgan fingerprint density at radius 2 is 1.96 bits per heavy atom. The molecule has 0 saturated carbocycles. The third-order valence-electron chi connectivity index (χ3n) is 3.04. The van der Waals surface area contributed by atoms with E-state index in [4.69, 9.17) is 10.5 Å². The summed E-state index contributed by atoms with van der Waals surface area (Å²) < 4.78 is 5.08. The zero-order valence-electron chi connectivity index (χ0n) is 13.7. The minimum Gasteiger partial charge on any atom is -0.497 e. The van der Waals surface area contributed by atoms with E-state index < -0.39 is 5.91 Å². The maximum absolute atomic E-state index is 12.0. The molecule has 0 spiro atoms. The molecule has 24 heavy (non-hydrogen) atoms. The topological polar surface area (TPSA) is 114 Å². The minimum absolute atomic E-state index is 0. The number of carbonyl (C=O) groups excluding carboxylic acids is 3. The Morgan fingerprint density at radius 1 is 1.25 bits per heavy atom. The Kier molecular flexibility index (Phi) is 10.2. The normalized spacial score (nSPS) is 9.46. The van der Waals surface area contributed by atoms with Crippen molar-refractivity contribution in [3.63, 3.8) is 0 Å². The summed E-state index contributed by atoms with van der Waals surface area (Å²) in [4.78, 5) is 36.4. The monoisotopic (exact) mass is 358 g/mol. The Morgan fingerprint density at radius 3 is 2.54 bits per heavy atom. The van der Waals surface area contributed by atoms with Gasteiger partial charge in [-0.2, -0.15) is 0 Å². The molecule has 0 atom stereocenters. The van der Waals surface area contributed by atoms with Crippen LogP contribution in [0.4, 0.5) is 5.69 Å². The largest absolute Gasteiger partial charge is 0.497 e. The number of hydrogen-bond donors (Lipinski definition) is 3. The van der Waals surface area contributed by atoms with Crippen molar-refractivity contribution in [2.75, 3.05) is 38.6 Å². The van der Waals surface area contributed by atoms with Gasteiger partial charge in [0.1, 0.15) is 5.75 Å². The van der Waals surface area contributed by atoms with E-state index in [1.54, 1.807) is 31.2 Å². The lowest BCUT2D eigenvalue weighted by Crippen LogP contribution is -2.44. The van der Waals surface area contributed by atoms with Crippen molar-refractivity contribution in [3.05, 3.63) is 24.3 Å². The summed E-state index contributed by atoms with van der Waals surface area (Å²) in [5.74, 6) is -0.486. The molecule has 134 valence electrons. The van der Waals surface area contributed by atoms with Crippen LogP contribution in [0.1, 0.15) is 6.92 Å². The SMILES string of the molecule is CCN(CC(=O)Nc1cccc(OC)c1)C(=O)CNC(=O)CN.Cl. The van der Waals surface area contributed by atoms with Gasteiger partial charge in [-0.1, -0.05) is 6.07 Å². The van der Waals surface area contributed by atoms with E-state index in [-0.39, 0.29) is 43.9 Å². The molecule has 0 heterocycles. The molecule has 0 radical (unpaired) electrons. The average molecular weight is 359 g/mol. The standard InChI is InChI=1S/C15H22N4O4.ClH/c1-3-19(15(22)9-17-13(20)8-16)10-14(21)18-11-5-4-6-12(7-11)23-2;/h4-7H,3,8-10,16H2,1-2H3,(H,17,20)(H,18,21);1H. The summed E-state index contributed by atoms with van der Waals surface area (Å²) in [7, 11) is 1.54. The summed E-state index contributed by atoms with van der Waals surface area (Å²) in [6.45, 7) is 1.63. The van der Waals surface area contributed by atoms with Crippen molar-refractivity contribution in [1.29, 1.82) is 0 Å². The van der Waals surface area contributed by atoms with Crippen LogP contribution in [-0.4, -0.2) is 55.9 Å². The molecular formula is C15H23ClN4O4. The Balaban J connectivity index is 0.00000529. The molecule has 0 fully saturated rings. The lowest BCUT2D eigenvalue weighted by molar-refractivity contribution is -0.135. The zero-order chi connectivity index (χ0) is 17.2. The molecular weight excluding hydrogens is 336 g/mol. The first kappa shape index (κ1) is 21.7. The zero-order valence-corrected chi connectivity index (χ0v) is 14.5. The highest BCUT2D eigenvalue weighted by molar-refractivity contribution is 5.95. The maximum atomic E-state index is 12.0. The molecule has 3 amide bonds. The summed E-state index contributed by atoms with van der Waals surface area (Å²) in [5.41, 5.74) is 5.72. The smallest absolute Gasteiger partial charge is 0.243 e. The van der Waals surface area contributed by atoms with E-state index >= 15 is 0 Å². The van der Waals surface area contributed by atoms with Gasteiger partial charge >= 0.3 is 0 Å². The van der Waals surface area contributed by atoms with Gasteiger partial charge in [0.25, 0.3) is 0 Å². The van der Waals surface area contributed by atoms with Gasteiger partial charge in [0.05, 0.1) is 26.7 Å². The number of anilines is 1. The molecule has 0 aromatic heterocycles. The van der Waals surface area contributed by atoms with Gasteiger partial charge in [0.2, 0.25) is 17.7 Å². The summed E-state index contributed by atoms with van der Waals surface area (Å²) in [6.07, 6.45) is 0. The van der Waals surface area contributed by atoms with Gasteiger partial charge in [-0.05, 0) is 19.1 Å². The summed E-state index contributed by atoms with van der Waals surface area (Å²) in [6, 6.07) is 6.91. The second kappa shape index (κ2) is 11.3. The van der Waals surface area contributed by atoms with E-state index in [1.165, 1.54) is 12.0 Å². The van der Waals surface area contributed by atoms with Crippen LogP contribution in [-0.2, 0) is 14.4 Å². The molecule has 1 aromatic carbocycles. The number of hydrogen-bond acceptors (Lipinski definition) is 5. The van der Waals surface area contributed by atoms with E-state index in [2.05, 4.69) is 10.6 Å². The molecule has 9 heteroatoms. The van der Waals surface area contributed by atoms with E-state index in [9.17, 15) is 14.4 Å². The lowest BCUT2D eigenvalue weighted by Gasteiger charge is -2.20. The second-order valence-electron chi connectivity index (χ2n) is 4.67. The van der Waals surface area contributed by atoms with Gasteiger partial charge in [-0.3, -0.25) is 14.4 Å². The number of halogens is 1. The van der Waals surface area contributed by atoms with Gasteiger partial charge in [0.15, 0.2) is 0 Å². The third kappa shape index (κ3) is 7.30. The van der Waals surface area contributed by atoms with E-state index in [1.807, 2.05) is 0 Å². The quantitative estimate of drug-likeness (QED) is 0.604. The molecule has 0 aliphatic carbocycles. The fraction of sp³-hybridized carbons (Fsp3) is 0.400. The van der Waals surface area contributed by atoms with Crippen LogP contribution in [0.2, 0.25) is 0 Å². The number of likely N-dealkylation sites (N-methyl/N-ethyl adjacent to an activating group) is 1. The number of rotatable bonds is 8. The highest BCUT2D eigenvalue weighted by atomic mass is 35.5. The average Bonchev–Trinajstić information content (AvgIpc) is 2.57. The number of ether oxygens (including phenoxy) is 1. The van der Waals surface area contributed by atoms with Crippen LogP contribution < -0.4 is 21.1 Å². The molecule has 8 nitrogen and oxygen atoms in total. The van der Waals surface area contributed by atoms with Crippen LogP contribution in [0.3, 0.4) is 0 Å². The predicted molar refractivity (Wildman–Crippen MR) is 93.2 cm³/mol.